The maximum atomic E-state index is 10.5. The zero-order valence-corrected chi connectivity index (χ0v) is 8.83. The molecule has 0 aliphatic heterocycles. The molecule has 16 heavy (non-hydrogen) atoms. The molecule has 1 heterocycles. The molecular formula is C9H13N3O4. The lowest BCUT2D eigenvalue weighted by Crippen LogP contribution is -2.34. The van der Waals surface area contributed by atoms with E-state index in [2.05, 4.69) is 5.10 Å². The summed E-state index contributed by atoms with van der Waals surface area (Å²) in [6, 6.07) is 1.72. The van der Waals surface area contributed by atoms with E-state index in [9.17, 15) is 9.59 Å². The molecule has 7 heteroatoms. The maximum Gasteiger partial charge on any atom is 0.317 e. The highest BCUT2D eigenvalue weighted by molar-refractivity contribution is 5.72. The van der Waals surface area contributed by atoms with Crippen LogP contribution >= 0.6 is 0 Å². The fraction of sp³-hybridized carbons (Fsp3) is 0.444. The van der Waals surface area contributed by atoms with Gasteiger partial charge in [0, 0.05) is 19.8 Å². The molecule has 88 valence electrons. The van der Waals surface area contributed by atoms with Crippen LogP contribution in [0.5, 0.6) is 0 Å². The van der Waals surface area contributed by atoms with Gasteiger partial charge in [0.2, 0.25) is 0 Å². The summed E-state index contributed by atoms with van der Waals surface area (Å²) < 4.78 is 1.58. The van der Waals surface area contributed by atoms with Crippen LogP contribution in [0.1, 0.15) is 5.69 Å². The minimum absolute atomic E-state index is 0.245. The number of carboxylic acid groups (broad SMARTS) is 2. The number of rotatable bonds is 6. The van der Waals surface area contributed by atoms with Crippen molar-refractivity contribution in [2.75, 3.05) is 13.1 Å². The predicted molar refractivity (Wildman–Crippen MR) is 53.8 cm³/mol. The molecule has 2 N–H and O–H groups in total. The molecule has 0 spiro atoms. The summed E-state index contributed by atoms with van der Waals surface area (Å²) in [5, 5.41) is 21.2. The Hall–Kier alpha value is -1.89. The van der Waals surface area contributed by atoms with Crippen molar-refractivity contribution in [2.45, 2.75) is 6.54 Å². The van der Waals surface area contributed by atoms with Crippen molar-refractivity contribution in [2.24, 2.45) is 7.05 Å². The van der Waals surface area contributed by atoms with E-state index in [1.54, 1.807) is 24.0 Å². The first-order valence-electron chi connectivity index (χ1n) is 4.62. The van der Waals surface area contributed by atoms with Gasteiger partial charge in [-0.25, -0.2) is 0 Å². The van der Waals surface area contributed by atoms with E-state index in [-0.39, 0.29) is 19.6 Å². The molecule has 0 aliphatic carbocycles. The van der Waals surface area contributed by atoms with E-state index in [1.807, 2.05) is 0 Å². The number of hydrogen-bond donors (Lipinski definition) is 2. The largest absolute Gasteiger partial charge is 0.480 e. The Kier molecular flexibility index (Phi) is 4.01. The van der Waals surface area contributed by atoms with Crippen molar-refractivity contribution >= 4 is 11.9 Å². The van der Waals surface area contributed by atoms with Gasteiger partial charge in [0.25, 0.3) is 0 Å². The summed E-state index contributed by atoms with van der Waals surface area (Å²) >= 11 is 0. The van der Waals surface area contributed by atoms with Crippen LogP contribution in [0.25, 0.3) is 0 Å². The molecule has 0 aliphatic rings. The molecule has 0 fully saturated rings. The molecular weight excluding hydrogens is 214 g/mol. The second-order valence-corrected chi connectivity index (χ2v) is 3.38. The molecule has 7 nitrogen and oxygen atoms in total. The van der Waals surface area contributed by atoms with Crippen LogP contribution < -0.4 is 0 Å². The third-order valence-electron chi connectivity index (χ3n) is 2.03. The first kappa shape index (κ1) is 12.2. The van der Waals surface area contributed by atoms with Gasteiger partial charge in [-0.3, -0.25) is 19.2 Å². The molecule has 1 rings (SSSR count). The standard InChI is InChI=1S/C9H13N3O4/c1-11-7(2-3-10-11)4-12(5-8(13)14)6-9(15)16/h2-3H,4-6H2,1H3,(H,13,14)(H,15,16). The van der Waals surface area contributed by atoms with Crippen LogP contribution in [0.3, 0.4) is 0 Å². The number of aliphatic carboxylic acids is 2. The highest BCUT2D eigenvalue weighted by atomic mass is 16.4. The van der Waals surface area contributed by atoms with Gasteiger partial charge in [0.1, 0.15) is 0 Å². The molecule has 0 radical (unpaired) electrons. The molecule has 0 saturated carbocycles. The van der Waals surface area contributed by atoms with Crippen LogP contribution in [0, 0.1) is 0 Å². The average Bonchev–Trinajstić information content (AvgIpc) is 2.49. The van der Waals surface area contributed by atoms with Crippen LogP contribution in [0.2, 0.25) is 0 Å². The smallest absolute Gasteiger partial charge is 0.317 e. The Bertz CT molecular complexity index is 372. The Labute approximate surface area is 91.9 Å². The molecule has 0 saturated heterocycles. The van der Waals surface area contributed by atoms with Gasteiger partial charge in [-0.2, -0.15) is 5.10 Å². The molecule has 0 unspecified atom stereocenters. The minimum Gasteiger partial charge on any atom is -0.480 e. The number of aryl methyl sites for hydroxylation is 1. The van der Waals surface area contributed by atoms with Gasteiger partial charge in [0.15, 0.2) is 0 Å². The summed E-state index contributed by atoms with van der Waals surface area (Å²) in [7, 11) is 1.72. The summed E-state index contributed by atoms with van der Waals surface area (Å²) in [5.41, 5.74) is 0.766. The summed E-state index contributed by atoms with van der Waals surface area (Å²) in [6.45, 7) is -0.371. The van der Waals surface area contributed by atoms with Gasteiger partial charge in [-0.15, -0.1) is 0 Å². The number of carboxylic acids is 2. The second kappa shape index (κ2) is 5.26. The third kappa shape index (κ3) is 3.70. The lowest BCUT2D eigenvalue weighted by Gasteiger charge is -2.17. The summed E-state index contributed by atoms with van der Waals surface area (Å²) in [6.07, 6.45) is 1.58. The zero-order chi connectivity index (χ0) is 12.1. The average molecular weight is 227 g/mol. The van der Waals surface area contributed by atoms with Gasteiger partial charge in [0.05, 0.1) is 18.8 Å². The molecule has 0 amide bonds. The van der Waals surface area contributed by atoms with E-state index in [0.717, 1.165) is 5.69 Å². The maximum absolute atomic E-state index is 10.5. The molecule has 1 aromatic rings. The lowest BCUT2D eigenvalue weighted by atomic mass is 10.3. The highest BCUT2D eigenvalue weighted by Gasteiger charge is 2.15. The molecule has 0 atom stereocenters. The van der Waals surface area contributed by atoms with Crippen LogP contribution in [-0.2, 0) is 23.2 Å². The SMILES string of the molecule is Cn1nccc1CN(CC(=O)O)CC(=O)O. The van der Waals surface area contributed by atoms with E-state index in [1.165, 1.54) is 4.90 Å². The lowest BCUT2D eigenvalue weighted by molar-refractivity contribution is -0.142. The van der Waals surface area contributed by atoms with Crippen molar-refractivity contribution in [1.82, 2.24) is 14.7 Å². The van der Waals surface area contributed by atoms with E-state index in [0.29, 0.717) is 0 Å². The van der Waals surface area contributed by atoms with Gasteiger partial charge in [-0.1, -0.05) is 0 Å². The van der Waals surface area contributed by atoms with Gasteiger partial charge >= 0.3 is 11.9 Å². The highest BCUT2D eigenvalue weighted by Crippen LogP contribution is 2.02. The third-order valence-corrected chi connectivity index (χ3v) is 2.03. The topological polar surface area (TPSA) is 95.7 Å². The Morgan fingerprint density at radius 1 is 1.38 bits per heavy atom. The Balaban J connectivity index is 2.66. The van der Waals surface area contributed by atoms with Gasteiger partial charge in [-0.05, 0) is 6.07 Å². The van der Waals surface area contributed by atoms with Gasteiger partial charge < -0.3 is 10.2 Å². The zero-order valence-electron chi connectivity index (χ0n) is 8.83. The fourth-order valence-corrected chi connectivity index (χ4v) is 1.34. The molecule has 0 aromatic carbocycles. The van der Waals surface area contributed by atoms with E-state index >= 15 is 0 Å². The van der Waals surface area contributed by atoms with Crippen molar-refractivity contribution in [3.8, 4) is 0 Å². The summed E-state index contributed by atoms with van der Waals surface area (Å²) in [4.78, 5) is 22.4. The molecule has 1 aromatic heterocycles. The first-order valence-corrected chi connectivity index (χ1v) is 4.62. The number of carbonyl (C=O) groups is 2. The second-order valence-electron chi connectivity index (χ2n) is 3.38. The van der Waals surface area contributed by atoms with Crippen molar-refractivity contribution < 1.29 is 19.8 Å². The van der Waals surface area contributed by atoms with Crippen molar-refractivity contribution in [3.05, 3.63) is 18.0 Å². The van der Waals surface area contributed by atoms with Crippen LogP contribution in [0.15, 0.2) is 12.3 Å². The Morgan fingerprint density at radius 2 is 1.94 bits per heavy atom. The monoisotopic (exact) mass is 227 g/mol. The summed E-state index contributed by atoms with van der Waals surface area (Å²) in [5.74, 6) is -2.10. The number of hydrogen-bond acceptors (Lipinski definition) is 4. The fourth-order valence-electron chi connectivity index (χ4n) is 1.34. The quantitative estimate of drug-likeness (QED) is 0.673. The van der Waals surface area contributed by atoms with Crippen molar-refractivity contribution in [1.29, 1.82) is 0 Å². The van der Waals surface area contributed by atoms with E-state index < -0.39 is 11.9 Å². The Morgan fingerprint density at radius 3 is 2.31 bits per heavy atom. The molecule has 0 bridgehead atoms. The minimum atomic E-state index is -1.05. The number of nitrogens with zero attached hydrogens (tertiary/aromatic N) is 3. The van der Waals surface area contributed by atoms with Crippen LogP contribution in [0.4, 0.5) is 0 Å². The predicted octanol–water partition coefficient (Wildman–Crippen LogP) is -0.609. The number of aromatic nitrogens is 2. The normalized spacial score (nSPS) is 10.6. The van der Waals surface area contributed by atoms with Crippen molar-refractivity contribution in [3.63, 3.8) is 0 Å². The van der Waals surface area contributed by atoms with E-state index in [4.69, 9.17) is 10.2 Å². The first-order chi connectivity index (χ1) is 7.49. The van der Waals surface area contributed by atoms with Crippen LogP contribution in [-0.4, -0.2) is 49.9 Å².